The van der Waals surface area contributed by atoms with E-state index in [2.05, 4.69) is 14.7 Å². The van der Waals surface area contributed by atoms with E-state index in [-0.39, 0.29) is 24.2 Å². The van der Waals surface area contributed by atoms with E-state index >= 15 is 0 Å². The molecule has 1 aliphatic rings. The predicted octanol–water partition coefficient (Wildman–Crippen LogP) is 3.50. The van der Waals surface area contributed by atoms with Crippen molar-refractivity contribution in [3.05, 3.63) is 65.7 Å². The third kappa shape index (κ3) is 4.09. The number of likely N-dealkylation sites (tertiary alicyclic amines) is 1. The molecule has 1 aliphatic heterocycles. The number of benzene rings is 2. The summed E-state index contributed by atoms with van der Waals surface area (Å²) >= 11 is 1.15. The summed E-state index contributed by atoms with van der Waals surface area (Å²) in [5.74, 6) is 0.0323. The summed E-state index contributed by atoms with van der Waals surface area (Å²) in [5.41, 5.74) is 3.15. The van der Waals surface area contributed by atoms with Crippen molar-refractivity contribution >= 4 is 28.5 Å². The second kappa shape index (κ2) is 7.90. The third-order valence-corrected chi connectivity index (χ3v) is 5.40. The number of hydrogen-bond donors (Lipinski definition) is 1. The molecule has 0 bridgehead atoms. The van der Waals surface area contributed by atoms with E-state index in [0.717, 1.165) is 22.7 Å². The minimum atomic E-state index is -0.373. The summed E-state index contributed by atoms with van der Waals surface area (Å²) < 4.78 is 4.30. The van der Waals surface area contributed by atoms with Crippen LogP contribution in [0.5, 0.6) is 0 Å². The fourth-order valence-corrected chi connectivity index (χ4v) is 3.79. The largest absolute Gasteiger partial charge is 0.338 e. The Morgan fingerprint density at radius 2 is 1.93 bits per heavy atom. The van der Waals surface area contributed by atoms with E-state index < -0.39 is 0 Å². The molecule has 1 atom stereocenters. The first-order chi connectivity index (χ1) is 13.6. The lowest BCUT2D eigenvalue weighted by molar-refractivity contribution is -0.128. The van der Waals surface area contributed by atoms with E-state index in [1.807, 2.05) is 61.5 Å². The number of hydrogen-bond acceptors (Lipinski definition) is 5. The van der Waals surface area contributed by atoms with Crippen LogP contribution in [0.4, 0.5) is 5.13 Å². The standard InChI is InChI=1S/C21H20N4O2S/c1-14-7-9-15(10-8-14)12-25-13-17(11-18(25)26)20(27)23-21-22-19(24-28-21)16-5-3-2-4-6-16/h2-10,17H,11-13H2,1H3,(H,22,23,24,27). The summed E-state index contributed by atoms with van der Waals surface area (Å²) in [7, 11) is 0. The molecule has 1 N–H and O–H groups in total. The minimum Gasteiger partial charge on any atom is -0.338 e. The van der Waals surface area contributed by atoms with Crippen molar-refractivity contribution in [1.29, 1.82) is 0 Å². The van der Waals surface area contributed by atoms with Crippen molar-refractivity contribution in [3.8, 4) is 11.4 Å². The number of carbonyl (C=O) groups excluding carboxylic acids is 2. The minimum absolute atomic E-state index is 0.00274. The molecular formula is C21H20N4O2S. The Morgan fingerprint density at radius 1 is 1.18 bits per heavy atom. The van der Waals surface area contributed by atoms with Gasteiger partial charge in [0.1, 0.15) is 0 Å². The van der Waals surface area contributed by atoms with Gasteiger partial charge in [0.05, 0.1) is 5.92 Å². The van der Waals surface area contributed by atoms with Crippen LogP contribution in [-0.4, -0.2) is 32.6 Å². The Kier molecular flexibility index (Phi) is 5.16. The molecule has 2 heterocycles. The number of nitrogens with zero attached hydrogens (tertiary/aromatic N) is 3. The van der Waals surface area contributed by atoms with Crippen LogP contribution >= 0.6 is 11.5 Å². The van der Waals surface area contributed by atoms with E-state index in [1.54, 1.807) is 4.90 Å². The van der Waals surface area contributed by atoms with Gasteiger partial charge >= 0.3 is 0 Å². The highest BCUT2D eigenvalue weighted by Gasteiger charge is 2.34. The van der Waals surface area contributed by atoms with Gasteiger partial charge in [0.25, 0.3) is 0 Å². The zero-order chi connectivity index (χ0) is 19.5. The smallest absolute Gasteiger partial charge is 0.231 e. The molecule has 2 amide bonds. The van der Waals surface area contributed by atoms with Gasteiger partial charge in [-0.3, -0.25) is 9.59 Å². The average Bonchev–Trinajstić information content (AvgIpc) is 3.31. The van der Waals surface area contributed by atoms with Gasteiger partial charge in [0, 0.05) is 36.6 Å². The van der Waals surface area contributed by atoms with E-state index in [0.29, 0.717) is 24.0 Å². The monoisotopic (exact) mass is 392 g/mol. The summed E-state index contributed by atoms with van der Waals surface area (Å²) in [4.78, 5) is 31.0. The summed E-state index contributed by atoms with van der Waals surface area (Å²) in [6.45, 7) is 2.98. The first-order valence-electron chi connectivity index (χ1n) is 9.12. The lowest BCUT2D eigenvalue weighted by Crippen LogP contribution is -2.28. The first-order valence-corrected chi connectivity index (χ1v) is 9.89. The predicted molar refractivity (Wildman–Crippen MR) is 109 cm³/mol. The van der Waals surface area contributed by atoms with Crippen LogP contribution in [0.3, 0.4) is 0 Å². The van der Waals surface area contributed by atoms with Crippen LogP contribution in [-0.2, 0) is 16.1 Å². The normalized spacial score (nSPS) is 16.4. The first kappa shape index (κ1) is 18.3. The molecule has 0 aliphatic carbocycles. The van der Waals surface area contributed by atoms with Crippen molar-refractivity contribution in [2.24, 2.45) is 5.92 Å². The van der Waals surface area contributed by atoms with Gasteiger partial charge in [-0.25, -0.2) is 0 Å². The third-order valence-electron chi connectivity index (χ3n) is 4.77. The van der Waals surface area contributed by atoms with Crippen LogP contribution in [0.15, 0.2) is 54.6 Å². The number of anilines is 1. The van der Waals surface area contributed by atoms with Gasteiger partial charge in [-0.15, -0.1) is 0 Å². The van der Waals surface area contributed by atoms with Gasteiger partial charge in [0.2, 0.25) is 16.9 Å². The molecule has 1 saturated heterocycles. The van der Waals surface area contributed by atoms with Crippen molar-refractivity contribution < 1.29 is 9.59 Å². The number of nitrogens with one attached hydrogen (secondary N) is 1. The topological polar surface area (TPSA) is 75.2 Å². The molecule has 2 aromatic carbocycles. The van der Waals surface area contributed by atoms with Crippen LogP contribution in [0.1, 0.15) is 17.5 Å². The fourth-order valence-electron chi connectivity index (χ4n) is 3.20. The molecule has 142 valence electrons. The quantitative estimate of drug-likeness (QED) is 0.721. The SMILES string of the molecule is Cc1ccc(CN2CC(C(=O)Nc3nc(-c4ccccc4)ns3)CC2=O)cc1. The molecule has 1 aromatic heterocycles. The second-order valence-electron chi connectivity index (χ2n) is 6.94. The van der Waals surface area contributed by atoms with Gasteiger partial charge in [0.15, 0.2) is 5.82 Å². The second-order valence-corrected chi connectivity index (χ2v) is 7.69. The molecule has 1 unspecified atom stereocenters. The van der Waals surface area contributed by atoms with Gasteiger partial charge in [-0.05, 0) is 12.5 Å². The molecule has 1 fully saturated rings. The van der Waals surface area contributed by atoms with Gasteiger partial charge < -0.3 is 10.2 Å². The maximum Gasteiger partial charge on any atom is 0.231 e. The van der Waals surface area contributed by atoms with Crippen molar-refractivity contribution in [1.82, 2.24) is 14.3 Å². The molecule has 28 heavy (non-hydrogen) atoms. The van der Waals surface area contributed by atoms with Crippen LogP contribution in [0.25, 0.3) is 11.4 Å². The number of aryl methyl sites for hydroxylation is 1. The molecule has 6 nitrogen and oxygen atoms in total. The Balaban J connectivity index is 1.37. The summed E-state index contributed by atoms with van der Waals surface area (Å²) in [6.07, 6.45) is 0.224. The molecule has 0 radical (unpaired) electrons. The molecule has 3 aromatic rings. The number of rotatable bonds is 5. The maximum absolute atomic E-state index is 12.6. The molecule has 0 spiro atoms. The maximum atomic E-state index is 12.6. The van der Waals surface area contributed by atoms with E-state index in [4.69, 9.17) is 0 Å². The molecular weight excluding hydrogens is 372 g/mol. The number of amides is 2. The van der Waals surface area contributed by atoms with Crippen LogP contribution in [0.2, 0.25) is 0 Å². The van der Waals surface area contributed by atoms with Crippen LogP contribution < -0.4 is 5.32 Å². The fraction of sp³-hybridized carbons (Fsp3) is 0.238. The van der Waals surface area contributed by atoms with E-state index in [9.17, 15) is 9.59 Å². The van der Waals surface area contributed by atoms with E-state index in [1.165, 1.54) is 5.56 Å². The summed E-state index contributed by atoms with van der Waals surface area (Å²) in [5, 5.41) is 3.27. The Morgan fingerprint density at radius 3 is 2.68 bits per heavy atom. The Bertz CT molecular complexity index is 985. The average molecular weight is 392 g/mol. The number of aromatic nitrogens is 2. The lowest BCUT2D eigenvalue weighted by atomic mass is 10.1. The molecule has 7 heteroatoms. The molecule has 0 saturated carbocycles. The number of carbonyl (C=O) groups is 2. The highest BCUT2D eigenvalue weighted by atomic mass is 32.1. The zero-order valence-electron chi connectivity index (χ0n) is 15.5. The zero-order valence-corrected chi connectivity index (χ0v) is 16.3. The van der Waals surface area contributed by atoms with Crippen molar-refractivity contribution in [3.63, 3.8) is 0 Å². The lowest BCUT2D eigenvalue weighted by Gasteiger charge is -2.16. The van der Waals surface area contributed by atoms with Gasteiger partial charge in [-0.1, -0.05) is 60.2 Å². The Labute approximate surface area is 167 Å². The van der Waals surface area contributed by atoms with Crippen LogP contribution in [0, 0.1) is 12.8 Å². The van der Waals surface area contributed by atoms with Crippen molar-refractivity contribution in [2.45, 2.75) is 19.9 Å². The highest BCUT2D eigenvalue weighted by molar-refractivity contribution is 7.10. The Hall–Kier alpha value is -3.06. The van der Waals surface area contributed by atoms with Gasteiger partial charge in [-0.2, -0.15) is 9.36 Å². The summed E-state index contributed by atoms with van der Waals surface area (Å²) in [6, 6.07) is 17.7. The molecule has 4 rings (SSSR count). The highest BCUT2D eigenvalue weighted by Crippen LogP contribution is 2.24. The van der Waals surface area contributed by atoms with Crippen molar-refractivity contribution in [2.75, 3.05) is 11.9 Å².